The molecule has 0 aromatic heterocycles. The molecule has 2 atom stereocenters. The van der Waals surface area contributed by atoms with E-state index in [0.717, 1.165) is 23.7 Å². The van der Waals surface area contributed by atoms with Crippen molar-refractivity contribution in [1.29, 1.82) is 0 Å². The second-order valence-electron chi connectivity index (χ2n) is 9.89. The summed E-state index contributed by atoms with van der Waals surface area (Å²) in [6.45, 7) is 5.10. The first-order valence-corrected chi connectivity index (χ1v) is 12.3. The highest BCUT2D eigenvalue weighted by Crippen LogP contribution is 2.29. The molecule has 3 saturated carbocycles. The quantitative estimate of drug-likeness (QED) is 0.472. The summed E-state index contributed by atoms with van der Waals surface area (Å²) in [6.07, 6.45) is 23.7. The van der Waals surface area contributed by atoms with Crippen LogP contribution in [0.25, 0.3) is 0 Å². The summed E-state index contributed by atoms with van der Waals surface area (Å²) < 4.78 is 0. The van der Waals surface area contributed by atoms with E-state index in [4.69, 9.17) is 0 Å². The van der Waals surface area contributed by atoms with Crippen molar-refractivity contribution in [3.05, 3.63) is 0 Å². The molecule has 26 heavy (non-hydrogen) atoms. The first-order valence-electron chi connectivity index (χ1n) is 12.3. The van der Waals surface area contributed by atoms with Gasteiger partial charge in [-0.1, -0.05) is 70.6 Å². The molecule has 3 rings (SSSR count). The van der Waals surface area contributed by atoms with E-state index in [1.54, 1.807) is 0 Å². The third-order valence-corrected chi connectivity index (χ3v) is 7.67. The number of hydrogen-bond acceptors (Lipinski definition) is 2. The first-order chi connectivity index (χ1) is 12.9. The molecule has 0 heterocycles. The van der Waals surface area contributed by atoms with Gasteiger partial charge in [-0.15, -0.1) is 0 Å². The molecule has 3 aliphatic rings. The van der Waals surface area contributed by atoms with Crippen molar-refractivity contribution in [2.24, 2.45) is 23.7 Å². The Morgan fingerprint density at radius 3 is 1.35 bits per heavy atom. The van der Waals surface area contributed by atoms with E-state index in [9.17, 15) is 0 Å². The Bertz CT molecular complexity index is 312. The smallest absolute Gasteiger partial charge is 0.00204 e. The third-order valence-electron chi connectivity index (χ3n) is 7.67. The van der Waals surface area contributed by atoms with Gasteiger partial charge in [0, 0.05) is 0 Å². The average molecular weight is 363 g/mol. The molecule has 0 aromatic rings. The summed E-state index contributed by atoms with van der Waals surface area (Å²) in [5.74, 6) is 3.95. The highest BCUT2D eigenvalue weighted by Gasteiger charge is 2.22. The van der Waals surface area contributed by atoms with Crippen LogP contribution in [0.15, 0.2) is 0 Å². The first kappa shape index (κ1) is 20.6. The summed E-state index contributed by atoms with van der Waals surface area (Å²) in [4.78, 5) is 0. The Hall–Kier alpha value is -0.0800. The van der Waals surface area contributed by atoms with Crippen LogP contribution in [-0.2, 0) is 0 Å². The maximum Gasteiger partial charge on any atom is -0.00204 e. The summed E-state index contributed by atoms with van der Waals surface area (Å²) in [7, 11) is 0. The van der Waals surface area contributed by atoms with Gasteiger partial charge in [0.05, 0.1) is 0 Å². The lowest BCUT2D eigenvalue weighted by Crippen LogP contribution is -2.33. The Balaban J connectivity index is 1.19. The molecule has 152 valence electrons. The fraction of sp³-hybridized carbons (Fsp3) is 1.00. The Kier molecular flexibility index (Phi) is 9.84. The molecule has 0 saturated heterocycles. The molecule has 3 aliphatic carbocycles. The standard InChI is InChI=1S/C24H46N2/c1-3-8-21(9-4-1)14-16-25-19-23-12-7-13-24(18-23)20-26-17-15-22-10-5-2-6-11-22/h21-26H,1-20H2. The van der Waals surface area contributed by atoms with E-state index in [1.807, 2.05) is 0 Å². The minimum absolute atomic E-state index is 0.945. The molecule has 2 unspecified atom stereocenters. The number of nitrogens with one attached hydrogen (secondary N) is 2. The summed E-state index contributed by atoms with van der Waals surface area (Å²) in [5, 5.41) is 7.63. The normalized spacial score (nSPS) is 29.1. The van der Waals surface area contributed by atoms with Gasteiger partial charge in [-0.05, 0) is 82.0 Å². The van der Waals surface area contributed by atoms with Gasteiger partial charge in [-0.25, -0.2) is 0 Å². The number of hydrogen-bond donors (Lipinski definition) is 2. The van der Waals surface area contributed by atoms with Gasteiger partial charge >= 0.3 is 0 Å². The zero-order valence-electron chi connectivity index (χ0n) is 17.5. The maximum atomic E-state index is 3.81. The van der Waals surface area contributed by atoms with Crippen LogP contribution in [0.1, 0.15) is 103 Å². The van der Waals surface area contributed by atoms with Crippen LogP contribution >= 0.6 is 0 Å². The van der Waals surface area contributed by atoms with Crippen LogP contribution in [-0.4, -0.2) is 26.2 Å². The lowest BCUT2D eigenvalue weighted by molar-refractivity contribution is 0.246. The van der Waals surface area contributed by atoms with Crippen LogP contribution in [0.5, 0.6) is 0 Å². The average Bonchev–Trinajstić information content (AvgIpc) is 2.71. The molecular formula is C24H46N2. The Labute approximate surface area is 163 Å². The maximum absolute atomic E-state index is 3.81. The molecule has 2 N–H and O–H groups in total. The summed E-state index contributed by atoms with van der Waals surface area (Å²) in [6, 6.07) is 0. The monoisotopic (exact) mass is 362 g/mol. The topological polar surface area (TPSA) is 24.1 Å². The molecule has 0 amide bonds. The molecule has 0 radical (unpaired) electrons. The van der Waals surface area contributed by atoms with E-state index < -0.39 is 0 Å². The molecule has 2 nitrogen and oxygen atoms in total. The van der Waals surface area contributed by atoms with Crippen molar-refractivity contribution in [2.45, 2.75) is 103 Å². The zero-order valence-corrected chi connectivity index (χ0v) is 17.5. The van der Waals surface area contributed by atoms with Gasteiger partial charge < -0.3 is 10.6 Å². The minimum Gasteiger partial charge on any atom is -0.316 e. The van der Waals surface area contributed by atoms with Crippen molar-refractivity contribution in [2.75, 3.05) is 26.2 Å². The van der Waals surface area contributed by atoms with Gasteiger partial charge in [0.15, 0.2) is 0 Å². The predicted molar refractivity (Wildman–Crippen MR) is 114 cm³/mol. The van der Waals surface area contributed by atoms with Crippen molar-refractivity contribution < 1.29 is 0 Å². The van der Waals surface area contributed by atoms with Crippen LogP contribution in [0.3, 0.4) is 0 Å². The van der Waals surface area contributed by atoms with Crippen LogP contribution in [0, 0.1) is 23.7 Å². The van der Waals surface area contributed by atoms with E-state index in [-0.39, 0.29) is 0 Å². The predicted octanol–water partition coefficient (Wildman–Crippen LogP) is 5.91. The minimum atomic E-state index is 0.945. The fourth-order valence-corrected chi connectivity index (χ4v) is 5.95. The largest absolute Gasteiger partial charge is 0.316 e. The molecular weight excluding hydrogens is 316 g/mol. The van der Waals surface area contributed by atoms with E-state index >= 15 is 0 Å². The van der Waals surface area contributed by atoms with E-state index in [2.05, 4.69) is 10.6 Å². The second-order valence-corrected chi connectivity index (χ2v) is 9.89. The second kappa shape index (κ2) is 12.4. The van der Waals surface area contributed by atoms with Crippen LogP contribution in [0.2, 0.25) is 0 Å². The lowest BCUT2D eigenvalue weighted by Gasteiger charge is -2.30. The zero-order chi connectivity index (χ0) is 17.9. The van der Waals surface area contributed by atoms with Gasteiger partial charge in [0.25, 0.3) is 0 Å². The molecule has 0 bridgehead atoms. The van der Waals surface area contributed by atoms with Gasteiger partial charge in [0.1, 0.15) is 0 Å². The van der Waals surface area contributed by atoms with Crippen molar-refractivity contribution in [3.63, 3.8) is 0 Å². The lowest BCUT2D eigenvalue weighted by atomic mass is 9.81. The van der Waals surface area contributed by atoms with Crippen LogP contribution in [0.4, 0.5) is 0 Å². The van der Waals surface area contributed by atoms with Crippen molar-refractivity contribution in [1.82, 2.24) is 10.6 Å². The van der Waals surface area contributed by atoms with Gasteiger partial charge in [-0.3, -0.25) is 0 Å². The molecule has 3 fully saturated rings. The number of rotatable bonds is 10. The third kappa shape index (κ3) is 7.89. The van der Waals surface area contributed by atoms with Gasteiger partial charge in [0.2, 0.25) is 0 Å². The Morgan fingerprint density at radius 2 is 0.885 bits per heavy atom. The fourth-order valence-electron chi connectivity index (χ4n) is 5.95. The van der Waals surface area contributed by atoms with Crippen LogP contribution < -0.4 is 10.6 Å². The van der Waals surface area contributed by atoms with Crippen molar-refractivity contribution in [3.8, 4) is 0 Å². The van der Waals surface area contributed by atoms with E-state index in [0.29, 0.717) is 0 Å². The molecule has 0 aliphatic heterocycles. The summed E-state index contributed by atoms with van der Waals surface area (Å²) >= 11 is 0. The van der Waals surface area contributed by atoms with Gasteiger partial charge in [-0.2, -0.15) is 0 Å². The highest BCUT2D eigenvalue weighted by atomic mass is 14.9. The van der Waals surface area contributed by atoms with E-state index in [1.165, 1.54) is 129 Å². The van der Waals surface area contributed by atoms with Crippen molar-refractivity contribution >= 4 is 0 Å². The Morgan fingerprint density at radius 1 is 0.462 bits per heavy atom. The summed E-state index contributed by atoms with van der Waals surface area (Å²) in [5.41, 5.74) is 0. The molecule has 0 spiro atoms. The molecule has 0 aromatic carbocycles. The molecule has 2 heteroatoms. The SMILES string of the molecule is C1CCC(CCNCC2CCCC(CNCCC3CCCCC3)C2)CC1. The highest BCUT2D eigenvalue weighted by molar-refractivity contribution is 4.77.